The molecule has 2 amide bonds. The summed E-state index contributed by atoms with van der Waals surface area (Å²) in [5.41, 5.74) is 1.06. The third kappa shape index (κ3) is 4.68. The van der Waals surface area contributed by atoms with Gasteiger partial charge in [0.25, 0.3) is 0 Å². The zero-order valence-electron chi connectivity index (χ0n) is 14.8. The molecular formula is C19H21F3N2O2. The van der Waals surface area contributed by atoms with Crippen molar-refractivity contribution in [2.45, 2.75) is 33.1 Å². The third-order valence-corrected chi connectivity index (χ3v) is 3.98. The molecule has 0 aliphatic carbocycles. The van der Waals surface area contributed by atoms with E-state index in [0.29, 0.717) is 5.75 Å². The minimum absolute atomic E-state index is 0.0574. The van der Waals surface area contributed by atoms with Crippen molar-refractivity contribution in [1.29, 1.82) is 0 Å². The molecule has 0 aliphatic rings. The van der Waals surface area contributed by atoms with Crippen LogP contribution < -0.4 is 15.4 Å². The van der Waals surface area contributed by atoms with Crippen molar-refractivity contribution >= 4 is 11.7 Å². The van der Waals surface area contributed by atoms with E-state index in [2.05, 4.69) is 10.6 Å². The van der Waals surface area contributed by atoms with Gasteiger partial charge in [0.2, 0.25) is 0 Å². The molecule has 0 unspecified atom stereocenters. The molecule has 0 saturated heterocycles. The maximum atomic E-state index is 13.4. The van der Waals surface area contributed by atoms with Crippen LogP contribution in [0.4, 0.5) is 23.7 Å². The highest BCUT2D eigenvalue weighted by molar-refractivity contribution is 5.90. The molecule has 2 aromatic rings. The number of rotatable bonds is 5. The van der Waals surface area contributed by atoms with Gasteiger partial charge in [0, 0.05) is 18.3 Å². The predicted octanol–water partition coefficient (Wildman–Crippen LogP) is 4.91. The Balaban J connectivity index is 2.35. The van der Waals surface area contributed by atoms with Gasteiger partial charge in [0.1, 0.15) is 12.4 Å². The molecule has 2 rings (SSSR count). The second kappa shape index (κ2) is 8.12. The SMILES string of the molecule is CCc1ccc(OCc2c(NC(=O)NC)cccc2C(F)(F)F)c(C)c1. The van der Waals surface area contributed by atoms with Crippen LogP contribution in [0.5, 0.6) is 5.75 Å². The number of benzene rings is 2. The Labute approximate surface area is 150 Å². The van der Waals surface area contributed by atoms with Crippen LogP contribution in [0.2, 0.25) is 0 Å². The fourth-order valence-electron chi connectivity index (χ4n) is 2.55. The van der Waals surface area contributed by atoms with Crippen LogP contribution in [-0.4, -0.2) is 13.1 Å². The first-order valence-corrected chi connectivity index (χ1v) is 8.16. The van der Waals surface area contributed by atoms with Gasteiger partial charge in [-0.2, -0.15) is 13.2 Å². The Morgan fingerprint density at radius 3 is 2.50 bits per heavy atom. The molecule has 0 saturated carbocycles. The van der Waals surface area contributed by atoms with Crippen LogP contribution in [0.1, 0.15) is 29.2 Å². The number of carbonyl (C=O) groups is 1. The molecule has 7 heteroatoms. The van der Waals surface area contributed by atoms with Crippen LogP contribution >= 0.6 is 0 Å². The smallest absolute Gasteiger partial charge is 0.416 e. The van der Waals surface area contributed by atoms with E-state index >= 15 is 0 Å². The van der Waals surface area contributed by atoms with Crippen molar-refractivity contribution in [3.63, 3.8) is 0 Å². The van der Waals surface area contributed by atoms with E-state index in [1.54, 1.807) is 6.07 Å². The van der Waals surface area contributed by atoms with Crippen molar-refractivity contribution in [3.8, 4) is 5.75 Å². The molecule has 0 aromatic heterocycles. The first kappa shape index (κ1) is 19.6. The maximum Gasteiger partial charge on any atom is 0.416 e. The van der Waals surface area contributed by atoms with Gasteiger partial charge in [-0.25, -0.2) is 4.79 Å². The van der Waals surface area contributed by atoms with Crippen LogP contribution in [0, 0.1) is 6.92 Å². The molecule has 0 fully saturated rings. The number of hydrogen-bond donors (Lipinski definition) is 2. The van der Waals surface area contributed by atoms with Gasteiger partial charge in [-0.1, -0.05) is 25.1 Å². The number of nitrogens with one attached hydrogen (secondary N) is 2. The Hall–Kier alpha value is -2.70. The van der Waals surface area contributed by atoms with E-state index in [4.69, 9.17) is 4.74 Å². The monoisotopic (exact) mass is 366 g/mol. The topological polar surface area (TPSA) is 50.4 Å². The Morgan fingerprint density at radius 1 is 1.19 bits per heavy atom. The number of hydrogen-bond acceptors (Lipinski definition) is 2. The summed E-state index contributed by atoms with van der Waals surface area (Å²) in [6.45, 7) is 3.54. The lowest BCUT2D eigenvalue weighted by molar-refractivity contribution is -0.138. The van der Waals surface area contributed by atoms with Gasteiger partial charge in [-0.15, -0.1) is 0 Å². The number of anilines is 1. The number of alkyl halides is 3. The van der Waals surface area contributed by atoms with Gasteiger partial charge >= 0.3 is 12.2 Å². The summed E-state index contributed by atoms with van der Waals surface area (Å²) in [5.74, 6) is 0.505. The largest absolute Gasteiger partial charge is 0.489 e. The molecule has 0 radical (unpaired) electrons. The molecule has 2 N–H and O–H groups in total. The first-order chi connectivity index (χ1) is 12.3. The van der Waals surface area contributed by atoms with E-state index in [-0.39, 0.29) is 17.9 Å². The molecule has 0 aliphatic heterocycles. The molecule has 4 nitrogen and oxygen atoms in total. The summed E-state index contributed by atoms with van der Waals surface area (Å²) in [6, 6.07) is 8.59. The average molecular weight is 366 g/mol. The van der Waals surface area contributed by atoms with E-state index < -0.39 is 17.8 Å². The minimum atomic E-state index is -4.56. The van der Waals surface area contributed by atoms with Crippen molar-refractivity contribution in [3.05, 3.63) is 58.7 Å². The lowest BCUT2D eigenvalue weighted by Crippen LogP contribution is -2.26. The average Bonchev–Trinajstić information content (AvgIpc) is 2.60. The Morgan fingerprint density at radius 2 is 1.92 bits per heavy atom. The van der Waals surface area contributed by atoms with Gasteiger partial charge in [0.15, 0.2) is 0 Å². The van der Waals surface area contributed by atoms with E-state index in [9.17, 15) is 18.0 Å². The number of urea groups is 1. The molecular weight excluding hydrogens is 345 g/mol. The van der Waals surface area contributed by atoms with Crippen molar-refractivity contribution in [2.75, 3.05) is 12.4 Å². The first-order valence-electron chi connectivity index (χ1n) is 8.16. The summed E-state index contributed by atoms with van der Waals surface area (Å²) >= 11 is 0. The lowest BCUT2D eigenvalue weighted by Gasteiger charge is -2.18. The van der Waals surface area contributed by atoms with E-state index in [1.165, 1.54) is 19.2 Å². The number of ether oxygens (including phenoxy) is 1. The number of aryl methyl sites for hydroxylation is 2. The summed E-state index contributed by atoms with van der Waals surface area (Å²) in [6.07, 6.45) is -3.70. The number of carbonyl (C=O) groups excluding carboxylic acids is 1. The number of halogens is 3. The lowest BCUT2D eigenvalue weighted by atomic mass is 10.0. The fraction of sp³-hybridized carbons (Fsp3) is 0.316. The summed E-state index contributed by atoms with van der Waals surface area (Å²) in [5, 5.41) is 4.73. The summed E-state index contributed by atoms with van der Waals surface area (Å²) in [7, 11) is 1.39. The van der Waals surface area contributed by atoms with Crippen LogP contribution in [0.15, 0.2) is 36.4 Å². The zero-order chi connectivity index (χ0) is 19.3. The van der Waals surface area contributed by atoms with Gasteiger partial charge < -0.3 is 15.4 Å². The molecule has 26 heavy (non-hydrogen) atoms. The Bertz CT molecular complexity index is 789. The van der Waals surface area contributed by atoms with E-state index in [1.807, 2.05) is 26.0 Å². The second-order valence-electron chi connectivity index (χ2n) is 5.78. The van der Waals surface area contributed by atoms with Crippen LogP contribution in [0.25, 0.3) is 0 Å². The highest BCUT2D eigenvalue weighted by Crippen LogP contribution is 2.36. The molecule has 0 atom stereocenters. The molecule has 0 spiro atoms. The van der Waals surface area contributed by atoms with E-state index in [0.717, 1.165) is 23.6 Å². The maximum absolute atomic E-state index is 13.4. The second-order valence-corrected chi connectivity index (χ2v) is 5.78. The third-order valence-electron chi connectivity index (χ3n) is 3.98. The Kier molecular flexibility index (Phi) is 6.13. The van der Waals surface area contributed by atoms with Crippen molar-refractivity contribution < 1.29 is 22.7 Å². The molecule has 0 heterocycles. The number of amides is 2. The standard InChI is InChI=1S/C19H21F3N2O2/c1-4-13-8-9-17(12(2)10-13)26-11-14-15(19(20,21)22)6-5-7-16(14)24-18(25)23-3/h5-10H,4,11H2,1-3H3,(H2,23,24,25). The predicted molar refractivity (Wildman–Crippen MR) is 94.4 cm³/mol. The fourth-order valence-corrected chi connectivity index (χ4v) is 2.55. The molecule has 0 bridgehead atoms. The highest BCUT2D eigenvalue weighted by atomic mass is 19.4. The normalized spacial score (nSPS) is 11.2. The van der Waals surface area contributed by atoms with Crippen LogP contribution in [0.3, 0.4) is 0 Å². The van der Waals surface area contributed by atoms with Crippen LogP contribution in [-0.2, 0) is 19.2 Å². The molecule has 140 valence electrons. The van der Waals surface area contributed by atoms with Gasteiger partial charge in [-0.3, -0.25) is 0 Å². The molecule has 2 aromatic carbocycles. The van der Waals surface area contributed by atoms with Crippen molar-refractivity contribution in [2.24, 2.45) is 0 Å². The van der Waals surface area contributed by atoms with Crippen molar-refractivity contribution in [1.82, 2.24) is 5.32 Å². The van der Waals surface area contributed by atoms with Gasteiger partial charge in [-0.05, 0) is 42.7 Å². The summed E-state index contributed by atoms with van der Waals surface area (Å²) in [4.78, 5) is 11.5. The zero-order valence-corrected chi connectivity index (χ0v) is 14.8. The highest BCUT2D eigenvalue weighted by Gasteiger charge is 2.34. The quantitative estimate of drug-likeness (QED) is 0.790. The minimum Gasteiger partial charge on any atom is -0.489 e. The summed E-state index contributed by atoms with van der Waals surface area (Å²) < 4.78 is 45.7. The van der Waals surface area contributed by atoms with Gasteiger partial charge in [0.05, 0.1) is 5.56 Å².